The SMILES string of the molecule is O=C(O[C@H]1CCOC1=O)c1ccc(-c2nc3ccccc3s2)s1. The van der Waals surface area contributed by atoms with Crippen molar-refractivity contribution in [1.29, 1.82) is 0 Å². The molecular weight excluding hydrogens is 334 g/mol. The summed E-state index contributed by atoms with van der Waals surface area (Å²) in [6, 6.07) is 11.5. The first-order valence-electron chi connectivity index (χ1n) is 7.04. The number of carbonyl (C=O) groups is 2. The van der Waals surface area contributed by atoms with Crippen molar-refractivity contribution in [2.45, 2.75) is 12.5 Å². The number of hydrogen-bond donors (Lipinski definition) is 0. The van der Waals surface area contributed by atoms with E-state index in [0.29, 0.717) is 17.9 Å². The first kappa shape index (κ1) is 14.3. The maximum atomic E-state index is 12.1. The minimum atomic E-state index is -0.782. The van der Waals surface area contributed by atoms with Gasteiger partial charge in [0.2, 0.25) is 6.10 Å². The minimum absolute atomic E-state index is 0.304. The third-order valence-electron chi connectivity index (χ3n) is 3.45. The number of aromatic nitrogens is 1. The molecule has 4 rings (SSSR count). The third-order valence-corrected chi connectivity index (χ3v) is 5.72. The van der Waals surface area contributed by atoms with Crippen LogP contribution in [0.2, 0.25) is 0 Å². The number of esters is 2. The van der Waals surface area contributed by atoms with Crippen molar-refractivity contribution in [2.24, 2.45) is 0 Å². The molecule has 0 saturated carbocycles. The largest absolute Gasteiger partial charge is 0.463 e. The Labute approximate surface area is 139 Å². The van der Waals surface area contributed by atoms with E-state index in [1.165, 1.54) is 11.3 Å². The highest BCUT2D eigenvalue weighted by Gasteiger charge is 2.31. The molecule has 1 fully saturated rings. The van der Waals surface area contributed by atoms with Crippen LogP contribution in [0.3, 0.4) is 0 Å². The van der Waals surface area contributed by atoms with Gasteiger partial charge in [-0.1, -0.05) is 12.1 Å². The van der Waals surface area contributed by atoms with Gasteiger partial charge in [0.1, 0.15) is 9.88 Å². The van der Waals surface area contributed by atoms with Crippen molar-refractivity contribution in [3.8, 4) is 9.88 Å². The zero-order valence-electron chi connectivity index (χ0n) is 11.9. The highest BCUT2D eigenvalue weighted by atomic mass is 32.1. The molecule has 1 atom stereocenters. The van der Waals surface area contributed by atoms with Crippen LogP contribution in [-0.4, -0.2) is 29.6 Å². The molecule has 116 valence electrons. The molecule has 0 aliphatic carbocycles. The number of ether oxygens (including phenoxy) is 2. The molecule has 5 nitrogen and oxygen atoms in total. The van der Waals surface area contributed by atoms with Gasteiger partial charge >= 0.3 is 11.9 Å². The van der Waals surface area contributed by atoms with E-state index in [1.54, 1.807) is 17.4 Å². The average Bonchev–Trinajstić information content (AvgIpc) is 3.26. The van der Waals surface area contributed by atoms with Gasteiger partial charge in [-0.25, -0.2) is 14.6 Å². The second-order valence-corrected chi connectivity index (χ2v) is 7.12. The fraction of sp³-hybridized carbons (Fsp3) is 0.188. The van der Waals surface area contributed by atoms with Crippen LogP contribution in [-0.2, 0) is 14.3 Å². The molecule has 1 aliphatic heterocycles. The molecule has 0 radical (unpaired) electrons. The Morgan fingerprint density at radius 3 is 2.87 bits per heavy atom. The molecular formula is C16H11NO4S2. The molecule has 1 aromatic carbocycles. The summed E-state index contributed by atoms with van der Waals surface area (Å²) < 4.78 is 11.1. The van der Waals surface area contributed by atoms with Gasteiger partial charge in [0, 0.05) is 6.42 Å². The summed E-state index contributed by atoms with van der Waals surface area (Å²) in [6.45, 7) is 0.304. The van der Waals surface area contributed by atoms with E-state index < -0.39 is 18.0 Å². The molecule has 2 aromatic heterocycles. The van der Waals surface area contributed by atoms with Gasteiger partial charge in [0.25, 0.3) is 0 Å². The Hall–Kier alpha value is -2.25. The molecule has 0 spiro atoms. The number of fused-ring (bicyclic) bond motifs is 1. The summed E-state index contributed by atoms with van der Waals surface area (Å²) in [7, 11) is 0. The fourth-order valence-corrected chi connectivity index (χ4v) is 4.22. The lowest BCUT2D eigenvalue weighted by molar-refractivity contribution is -0.145. The first-order chi connectivity index (χ1) is 11.2. The summed E-state index contributed by atoms with van der Waals surface area (Å²) in [6.07, 6.45) is -0.365. The van der Waals surface area contributed by atoms with Crippen LogP contribution in [0.5, 0.6) is 0 Å². The van der Waals surface area contributed by atoms with Gasteiger partial charge in [-0.05, 0) is 24.3 Å². The maximum absolute atomic E-state index is 12.1. The smallest absolute Gasteiger partial charge is 0.349 e. The quantitative estimate of drug-likeness (QED) is 0.680. The van der Waals surface area contributed by atoms with Gasteiger partial charge in [0.15, 0.2) is 0 Å². The van der Waals surface area contributed by atoms with E-state index in [4.69, 9.17) is 9.47 Å². The van der Waals surface area contributed by atoms with E-state index in [2.05, 4.69) is 4.98 Å². The van der Waals surface area contributed by atoms with Gasteiger partial charge in [0.05, 0.1) is 21.7 Å². The number of thiophene rings is 1. The number of hydrogen-bond acceptors (Lipinski definition) is 7. The molecule has 23 heavy (non-hydrogen) atoms. The van der Waals surface area contributed by atoms with Crippen LogP contribution < -0.4 is 0 Å². The zero-order valence-corrected chi connectivity index (χ0v) is 13.5. The second kappa shape index (κ2) is 5.75. The predicted octanol–water partition coefficient (Wildman–Crippen LogP) is 3.50. The highest BCUT2D eigenvalue weighted by molar-refractivity contribution is 7.26. The van der Waals surface area contributed by atoms with Crippen molar-refractivity contribution >= 4 is 44.8 Å². The average molecular weight is 345 g/mol. The van der Waals surface area contributed by atoms with Gasteiger partial charge in [-0.2, -0.15) is 0 Å². The maximum Gasteiger partial charge on any atom is 0.349 e. The van der Waals surface area contributed by atoms with Crippen LogP contribution in [0.1, 0.15) is 16.1 Å². The summed E-state index contributed by atoms with van der Waals surface area (Å²) >= 11 is 2.90. The molecule has 0 N–H and O–H groups in total. The van der Waals surface area contributed by atoms with Gasteiger partial charge < -0.3 is 9.47 Å². The van der Waals surface area contributed by atoms with Crippen molar-refractivity contribution < 1.29 is 19.1 Å². The molecule has 0 amide bonds. The molecule has 3 heterocycles. The van der Waals surface area contributed by atoms with Crippen molar-refractivity contribution in [3.63, 3.8) is 0 Å². The van der Waals surface area contributed by atoms with Crippen molar-refractivity contribution in [1.82, 2.24) is 4.98 Å². The lowest BCUT2D eigenvalue weighted by Crippen LogP contribution is -2.22. The number of para-hydroxylation sites is 1. The Kier molecular flexibility index (Phi) is 3.59. The lowest BCUT2D eigenvalue weighted by atomic mass is 10.3. The van der Waals surface area contributed by atoms with Gasteiger partial charge in [-0.3, -0.25) is 0 Å². The molecule has 1 aliphatic rings. The van der Waals surface area contributed by atoms with Crippen molar-refractivity contribution in [3.05, 3.63) is 41.3 Å². The number of nitrogens with zero attached hydrogens (tertiary/aromatic N) is 1. The predicted molar refractivity (Wildman–Crippen MR) is 87.7 cm³/mol. The van der Waals surface area contributed by atoms with Crippen LogP contribution in [0, 0.1) is 0 Å². The van der Waals surface area contributed by atoms with E-state index in [-0.39, 0.29) is 0 Å². The Bertz CT molecular complexity index is 865. The minimum Gasteiger partial charge on any atom is -0.463 e. The summed E-state index contributed by atoms with van der Waals surface area (Å²) in [5, 5.41) is 0.871. The highest BCUT2D eigenvalue weighted by Crippen LogP contribution is 2.34. The van der Waals surface area contributed by atoms with Crippen LogP contribution in [0.15, 0.2) is 36.4 Å². The normalized spacial score (nSPS) is 17.4. The number of rotatable bonds is 3. The number of thiazole rings is 1. The number of benzene rings is 1. The monoisotopic (exact) mass is 345 g/mol. The standard InChI is InChI=1S/C16H11NO4S2/c18-15-10(7-8-20-15)21-16(19)13-6-5-12(22-13)14-17-9-3-1-2-4-11(9)23-14/h1-6,10H,7-8H2/t10-/m0/s1. The summed E-state index contributed by atoms with van der Waals surface area (Å²) in [4.78, 5) is 29.4. The molecule has 1 saturated heterocycles. The Morgan fingerprint density at radius 2 is 2.09 bits per heavy atom. The second-order valence-electron chi connectivity index (χ2n) is 5.00. The van der Waals surface area contributed by atoms with Crippen LogP contribution >= 0.6 is 22.7 Å². The number of carbonyl (C=O) groups excluding carboxylic acids is 2. The van der Waals surface area contributed by atoms with E-state index in [9.17, 15) is 9.59 Å². The van der Waals surface area contributed by atoms with Gasteiger partial charge in [-0.15, -0.1) is 22.7 Å². The molecule has 7 heteroatoms. The summed E-state index contributed by atoms with van der Waals surface area (Å²) in [5.41, 5.74) is 0.943. The Morgan fingerprint density at radius 1 is 1.22 bits per heavy atom. The number of cyclic esters (lactones) is 1. The van der Waals surface area contributed by atoms with Crippen molar-refractivity contribution in [2.75, 3.05) is 6.61 Å². The zero-order chi connectivity index (χ0) is 15.8. The summed E-state index contributed by atoms with van der Waals surface area (Å²) in [5.74, 6) is -0.965. The first-order valence-corrected chi connectivity index (χ1v) is 8.67. The fourth-order valence-electron chi connectivity index (χ4n) is 2.31. The molecule has 0 unspecified atom stereocenters. The van der Waals surface area contributed by atoms with Crippen LogP contribution in [0.25, 0.3) is 20.1 Å². The van der Waals surface area contributed by atoms with E-state index in [1.807, 2.05) is 30.3 Å². The lowest BCUT2D eigenvalue weighted by Gasteiger charge is -2.06. The molecule has 3 aromatic rings. The Balaban J connectivity index is 1.56. The van der Waals surface area contributed by atoms with E-state index >= 15 is 0 Å². The third kappa shape index (κ3) is 2.73. The van der Waals surface area contributed by atoms with Crippen LogP contribution in [0.4, 0.5) is 0 Å². The molecule has 0 bridgehead atoms. The topological polar surface area (TPSA) is 65.5 Å². The van der Waals surface area contributed by atoms with E-state index in [0.717, 1.165) is 20.1 Å².